The van der Waals surface area contributed by atoms with Gasteiger partial charge in [-0.05, 0) is 43.2 Å². The second kappa shape index (κ2) is 5.63. The van der Waals surface area contributed by atoms with Gasteiger partial charge in [-0.1, -0.05) is 23.7 Å². The van der Waals surface area contributed by atoms with Crippen LogP contribution in [0.25, 0.3) is 0 Å². The molecule has 102 valence electrons. The highest BCUT2D eigenvalue weighted by Crippen LogP contribution is 2.29. The van der Waals surface area contributed by atoms with Crippen LogP contribution in [0.4, 0.5) is 0 Å². The molecule has 1 heterocycles. The zero-order valence-electron chi connectivity index (χ0n) is 11.0. The molecule has 1 saturated carbocycles. The molecule has 0 spiro atoms. The first-order chi connectivity index (χ1) is 9.74. The van der Waals surface area contributed by atoms with Crippen molar-refractivity contribution in [2.45, 2.75) is 25.4 Å². The molecular formula is C16H15ClN2O. The number of carbonyl (C=O) groups is 1. The molecule has 3 nitrogen and oxygen atoms in total. The Hall–Kier alpha value is -1.87. The molecule has 4 heteroatoms. The lowest BCUT2D eigenvalue weighted by atomic mass is 10.2. The van der Waals surface area contributed by atoms with Crippen molar-refractivity contribution < 1.29 is 4.79 Å². The van der Waals surface area contributed by atoms with E-state index in [1.54, 1.807) is 24.4 Å². The molecule has 1 aromatic heterocycles. The van der Waals surface area contributed by atoms with Gasteiger partial charge in [-0.15, -0.1) is 0 Å². The van der Waals surface area contributed by atoms with E-state index >= 15 is 0 Å². The van der Waals surface area contributed by atoms with Gasteiger partial charge in [0.15, 0.2) is 0 Å². The van der Waals surface area contributed by atoms with Crippen LogP contribution in [0.5, 0.6) is 0 Å². The SMILES string of the molecule is O=C(c1cccc(Cl)c1)N(Cc1ccccn1)C1CC1. The van der Waals surface area contributed by atoms with E-state index in [9.17, 15) is 4.79 Å². The average molecular weight is 287 g/mol. The van der Waals surface area contributed by atoms with Crippen LogP contribution >= 0.6 is 11.6 Å². The van der Waals surface area contributed by atoms with Gasteiger partial charge in [0.25, 0.3) is 5.91 Å². The molecule has 1 aliphatic rings. The monoisotopic (exact) mass is 286 g/mol. The van der Waals surface area contributed by atoms with E-state index in [0.29, 0.717) is 23.2 Å². The summed E-state index contributed by atoms with van der Waals surface area (Å²) in [4.78, 5) is 18.8. The number of rotatable bonds is 4. The van der Waals surface area contributed by atoms with Crippen molar-refractivity contribution in [1.82, 2.24) is 9.88 Å². The number of nitrogens with zero attached hydrogens (tertiary/aromatic N) is 2. The largest absolute Gasteiger partial charge is 0.330 e. The number of aromatic nitrogens is 1. The summed E-state index contributed by atoms with van der Waals surface area (Å²) in [5.41, 5.74) is 1.55. The Morgan fingerprint density at radius 2 is 2.10 bits per heavy atom. The minimum absolute atomic E-state index is 0.0284. The van der Waals surface area contributed by atoms with Gasteiger partial charge in [0, 0.05) is 22.8 Å². The molecule has 1 amide bonds. The molecular weight excluding hydrogens is 272 g/mol. The molecule has 0 bridgehead atoms. The highest BCUT2D eigenvalue weighted by molar-refractivity contribution is 6.30. The van der Waals surface area contributed by atoms with Crippen LogP contribution in [0.2, 0.25) is 5.02 Å². The van der Waals surface area contributed by atoms with Gasteiger partial charge in [0.1, 0.15) is 0 Å². The van der Waals surface area contributed by atoms with E-state index in [4.69, 9.17) is 11.6 Å². The Morgan fingerprint density at radius 3 is 2.75 bits per heavy atom. The minimum atomic E-state index is 0.0284. The standard InChI is InChI=1S/C16H15ClN2O/c17-13-5-3-4-12(10-13)16(20)19(15-7-8-15)11-14-6-1-2-9-18-14/h1-6,9-10,15H,7-8,11H2. The summed E-state index contributed by atoms with van der Waals surface area (Å²) in [7, 11) is 0. The second-order valence-corrected chi connectivity index (χ2v) is 5.43. The molecule has 0 saturated heterocycles. The summed E-state index contributed by atoms with van der Waals surface area (Å²) in [5.74, 6) is 0.0284. The Kier molecular flexibility index (Phi) is 3.70. The lowest BCUT2D eigenvalue weighted by Gasteiger charge is -2.22. The van der Waals surface area contributed by atoms with Crippen molar-refractivity contribution >= 4 is 17.5 Å². The van der Waals surface area contributed by atoms with E-state index in [1.807, 2.05) is 29.2 Å². The van der Waals surface area contributed by atoms with Crippen molar-refractivity contribution in [2.24, 2.45) is 0 Å². The van der Waals surface area contributed by atoms with Crippen molar-refractivity contribution in [3.8, 4) is 0 Å². The number of hydrogen-bond acceptors (Lipinski definition) is 2. The van der Waals surface area contributed by atoms with Gasteiger partial charge in [-0.2, -0.15) is 0 Å². The van der Waals surface area contributed by atoms with Crippen LogP contribution in [-0.2, 0) is 6.54 Å². The van der Waals surface area contributed by atoms with Crippen LogP contribution in [0.1, 0.15) is 28.9 Å². The highest BCUT2D eigenvalue weighted by Gasteiger charge is 2.33. The van der Waals surface area contributed by atoms with Gasteiger partial charge in [-0.3, -0.25) is 9.78 Å². The predicted octanol–water partition coefficient (Wildman–Crippen LogP) is 3.54. The number of pyridine rings is 1. The molecule has 0 atom stereocenters. The van der Waals surface area contributed by atoms with E-state index in [2.05, 4.69) is 4.98 Å². The molecule has 3 rings (SSSR count). The third kappa shape index (κ3) is 2.99. The fourth-order valence-electron chi connectivity index (χ4n) is 2.21. The van der Waals surface area contributed by atoms with Crippen molar-refractivity contribution in [1.29, 1.82) is 0 Å². The quantitative estimate of drug-likeness (QED) is 0.861. The Morgan fingerprint density at radius 1 is 1.25 bits per heavy atom. The fraction of sp³-hybridized carbons (Fsp3) is 0.250. The normalized spacial score (nSPS) is 14.1. The first kappa shape index (κ1) is 13.1. The second-order valence-electron chi connectivity index (χ2n) is 5.00. The van der Waals surface area contributed by atoms with Gasteiger partial charge < -0.3 is 4.90 Å². The molecule has 1 aromatic carbocycles. The van der Waals surface area contributed by atoms with Crippen LogP contribution in [0, 0.1) is 0 Å². The van der Waals surface area contributed by atoms with Crippen molar-refractivity contribution in [3.05, 3.63) is 64.9 Å². The van der Waals surface area contributed by atoms with E-state index in [1.165, 1.54) is 0 Å². The zero-order chi connectivity index (χ0) is 13.9. The number of amides is 1. The van der Waals surface area contributed by atoms with Crippen LogP contribution in [-0.4, -0.2) is 21.8 Å². The van der Waals surface area contributed by atoms with Crippen molar-refractivity contribution in [2.75, 3.05) is 0 Å². The highest BCUT2D eigenvalue weighted by atomic mass is 35.5. The molecule has 0 radical (unpaired) electrons. The van der Waals surface area contributed by atoms with E-state index in [-0.39, 0.29) is 5.91 Å². The number of carbonyl (C=O) groups excluding carboxylic acids is 1. The van der Waals surface area contributed by atoms with Gasteiger partial charge in [0.05, 0.1) is 12.2 Å². The summed E-state index contributed by atoms with van der Waals surface area (Å²) >= 11 is 5.97. The first-order valence-electron chi connectivity index (χ1n) is 6.70. The number of benzene rings is 1. The third-order valence-electron chi connectivity index (χ3n) is 3.38. The Labute approximate surface area is 123 Å². The average Bonchev–Trinajstić information content (AvgIpc) is 3.30. The summed E-state index contributed by atoms with van der Waals surface area (Å²) in [5, 5.41) is 0.587. The van der Waals surface area contributed by atoms with Crippen LogP contribution in [0.15, 0.2) is 48.7 Å². The summed E-state index contributed by atoms with van der Waals surface area (Å²) in [6.07, 6.45) is 3.89. The molecule has 2 aromatic rings. The molecule has 1 aliphatic carbocycles. The van der Waals surface area contributed by atoms with E-state index < -0.39 is 0 Å². The van der Waals surface area contributed by atoms with Gasteiger partial charge >= 0.3 is 0 Å². The van der Waals surface area contributed by atoms with Crippen molar-refractivity contribution in [3.63, 3.8) is 0 Å². The topological polar surface area (TPSA) is 33.2 Å². The minimum Gasteiger partial charge on any atom is -0.330 e. The molecule has 1 fully saturated rings. The number of hydrogen-bond donors (Lipinski definition) is 0. The molecule has 0 aliphatic heterocycles. The molecule has 0 unspecified atom stereocenters. The third-order valence-corrected chi connectivity index (χ3v) is 3.61. The Balaban J connectivity index is 1.82. The summed E-state index contributed by atoms with van der Waals surface area (Å²) in [6, 6.07) is 13.2. The fourth-order valence-corrected chi connectivity index (χ4v) is 2.40. The molecule has 0 N–H and O–H groups in total. The number of halogens is 1. The lowest BCUT2D eigenvalue weighted by Crippen LogP contribution is -2.32. The van der Waals surface area contributed by atoms with Gasteiger partial charge in [-0.25, -0.2) is 0 Å². The van der Waals surface area contributed by atoms with Crippen LogP contribution < -0.4 is 0 Å². The van der Waals surface area contributed by atoms with E-state index in [0.717, 1.165) is 18.5 Å². The maximum Gasteiger partial charge on any atom is 0.254 e. The Bertz CT molecular complexity index is 611. The predicted molar refractivity (Wildman–Crippen MR) is 78.6 cm³/mol. The lowest BCUT2D eigenvalue weighted by molar-refractivity contribution is 0.0727. The van der Waals surface area contributed by atoms with Gasteiger partial charge in [0.2, 0.25) is 0 Å². The maximum atomic E-state index is 12.6. The zero-order valence-corrected chi connectivity index (χ0v) is 11.8. The molecule has 20 heavy (non-hydrogen) atoms. The summed E-state index contributed by atoms with van der Waals surface area (Å²) < 4.78 is 0. The van der Waals surface area contributed by atoms with Crippen LogP contribution in [0.3, 0.4) is 0 Å². The first-order valence-corrected chi connectivity index (χ1v) is 7.08. The summed E-state index contributed by atoms with van der Waals surface area (Å²) in [6.45, 7) is 0.552. The smallest absolute Gasteiger partial charge is 0.254 e. The maximum absolute atomic E-state index is 12.6.